The number of carbonyl (C=O) groups is 1. The van der Waals surface area contributed by atoms with Gasteiger partial charge in [-0.3, -0.25) is 9.48 Å². The van der Waals surface area contributed by atoms with E-state index in [0.717, 1.165) is 5.56 Å². The minimum atomic E-state index is -0.547. The molecule has 1 N–H and O–H groups in total. The van der Waals surface area contributed by atoms with E-state index >= 15 is 0 Å². The number of anilines is 1. The number of hydrogen-bond donors (Lipinski definition) is 1. The summed E-state index contributed by atoms with van der Waals surface area (Å²) < 4.78 is 26.7. The molecule has 0 unspecified atom stereocenters. The molecule has 11 heteroatoms. The standard InChI is InChI=1S/C22H16BrCl2FN4O3/c1-12-15(11-32-19-5-3-2-4-18(19)26)20(29-33-12)22(31)27-21-16(23)10-30(28-21)9-13-6-7-14(24)8-17(13)25/h2-8,10H,9,11H2,1H3,(H,27,28,31). The number of halogens is 4. The zero-order chi connectivity index (χ0) is 23.5. The van der Waals surface area contributed by atoms with Crippen LogP contribution in [0.2, 0.25) is 10.0 Å². The molecule has 0 atom stereocenters. The number of ether oxygens (including phenoxy) is 1. The number of aryl methyl sites for hydroxylation is 1. The number of para-hydroxylation sites is 1. The molecule has 0 fully saturated rings. The fraction of sp³-hybridized carbons (Fsp3) is 0.136. The molecule has 2 aromatic heterocycles. The summed E-state index contributed by atoms with van der Waals surface area (Å²) in [6, 6.07) is 11.2. The van der Waals surface area contributed by atoms with E-state index in [9.17, 15) is 9.18 Å². The van der Waals surface area contributed by atoms with Crippen molar-refractivity contribution in [2.75, 3.05) is 5.32 Å². The van der Waals surface area contributed by atoms with Gasteiger partial charge in [-0.05, 0) is 52.7 Å². The summed E-state index contributed by atoms with van der Waals surface area (Å²) in [5.74, 6) is -0.320. The Morgan fingerprint density at radius 1 is 1.27 bits per heavy atom. The number of hydrogen-bond acceptors (Lipinski definition) is 5. The maximum Gasteiger partial charge on any atom is 0.279 e. The summed E-state index contributed by atoms with van der Waals surface area (Å²) in [7, 11) is 0. The van der Waals surface area contributed by atoms with Crippen molar-refractivity contribution in [3.63, 3.8) is 0 Å². The molecular formula is C22H16BrCl2FN4O3. The predicted octanol–water partition coefficient (Wildman–Crippen LogP) is 6.27. The van der Waals surface area contributed by atoms with Crippen molar-refractivity contribution in [1.82, 2.24) is 14.9 Å². The fourth-order valence-electron chi connectivity index (χ4n) is 3.01. The second kappa shape index (κ2) is 9.94. The molecule has 0 saturated heterocycles. The van der Waals surface area contributed by atoms with Crippen molar-refractivity contribution in [3.05, 3.63) is 91.6 Å². The minimum Gasteiger partial charge on any atom is -0.486 e. The largest absolute Gasteiger partial charge is 0.486 e. The zero-order valence-electron chi connectivity index (χ0n) is 17.1. The molecule has 7 nitrogen and oxygen atoms in total. The Morgan fingerprint density at radius 3 is 2.82 bits per heavy atom. The first-order chi connectivity index (χ1) is 15.8. The third-order valence-electron chi connectivity index (χ3n) is 4.70. The SMILES string of the molecule is Cc1onc(C(=O)Nc2nn(Cc3ccc(Cl)cc3Cl)cc2Br)c1COc1ccccc1F. The number of rotatable bonds is 7. The maximum atomic E-state index is 13.8. The highest BCUT2D eigenvalue weighted by atomic mass is 79.9. The van der Waals surface area contributed by atoms with Crippen molar-refractivity contribution in [2.45, 2.75) is 20.1 Å². The molecule has 33 heavy (non-hydrogen) atoms. The van der Waals surface area contributed by atoms with Gasteiger partial charge in [0, 0.05) is 16.2 Å². The molecular weight excluding hydrogens is 538 g/mol. The Labute approximate surface area is 206 Å². The summed E-state index contributed by atoms with van der Waals surface area (Å²) in [6.07, 6.45) is 1.71. The lowest BCUT2D eigenvalue weighted by Crippen LogP contribution is -2.16. The normalized spacial score (nSPS) is 10.9. The van der Waals surface area contributed by atoms with Gasteiger partial charge in [-0.25, -0.2) is 4.39 Å². The second-order valence-electron chi connectivity index (χ2n) is 7.00. The van der Waals surface area contributed by atoms with E-state index in [1.54, 1.807) is 48.1 Å². The Bertz CT molecular complexity index is 1320. The fourth-order valence-corrected chi connectivity index (χ4v) is 3.89. The van der Waals surface area contributed by atoms with Crippen molar-refractivity contribution in [3.8, 4) is 5.75 Å². The van der Waals surface area contributed by atoms with Crippen LogP contribution in [0.4, 0.5) is 10.2 Å². The second-order valence-corrected chi connectivity index (χ2v) is 8.70. The van der Waals surface area contributed by atoms with Crippen LogP contribution < -0.4 is 10.1 Å². The molecule has 2 heterocycles. The Balaban J connectivity index is 1.48. The highest BCUT2D eigenvalue weighted by Crippen LogP contribution is 2.26. The Kier molecular flexibility index (Phi) is 7.02. The predicted molar refractivity (Wildman–Crippen MR) is 125 cm³/mol. The van der Waals surface area contributed by atoms with Crippen LogP contribution in [-0.4, -0.2) is 20.8 Å². The van der Waals surface area contributed by atoms with Crippen LogP contribution in [0.25, 0.3) is 0 Å². The number of nitrogens with zero attached hydrogens (tertiary/aromatic N) is 3. The van der Waals surface area contributed by atoms with Crippen LogP contribution in [0.5, 0.6) is 5.75 Å². The number of nitrogens with one attached hydrogen (secondary N) is 1. The van der Waals surface area contributed by atoms with Crippen LogP contribution in [0.1, 0.15) is 27.4 Å². The monoisotopic (exact) mass is 552 g/mol. The van der Waals surface area contributed by atoms with Crippen LogP contribution in [0.3, 0.4) is 0 Å². The van der Waals surface area contributed by atoms with Gasteiger partial charge in [0.1, 0.15) is 12.4 Å². The molecule has 0 aliphatic rings. The summed E-state index contributed by atoms with van der Waals surface area (Å²) in [4.78, 5) is 12.9. The summed E-state index contributed by atoms with van der Waals surface area (Å²) in [6.45, 7) is 1.92. The van der Waals surface area contributed by atoms with E-state index in [-0.39, 0.29) is 23.9 Å². The molecule has 0 saturated carbocycles. The molecule has 170 valence electrons. The topological polar surface area (TPSA) is 82.2 Å². The first kappa shape index (κ1) is 23.3. The lowest BCUT2D eigenvalue weighted by molar-refractivity contribution is 0.101. The molecule has 0 radical (unpaired) electrons. The minimum absolute atomic E-state index is 0.0195. The zero-order valence-corrected chi connectivity index (χ0v) is 20.2. The van der Waals surface area contributed by atoms with Crippen molar-refractivity contribution < 1.29 is 18.4 Å². The van der Waals surface area contributed by atoms with Gasteiger partial charge in [0.25, 0.3) is 5.91 Å². The first-order valence-corrected chi connectivity index (χ1v) is 11.2. The number of aromatic nitrogens is 3. The molecule has 0 spiro atoms. The van der Waals surface area contributed by atoms with Gasteiger partial charge in [-0.15, -0.1) is 0 Å². The maximum absolute atomic E-state index is 13.8. The Morgan fingerprint density at radius 2 is 2.06 bits per heavy atom. The third-order valence-corrected chi connectivity index (χ3v) is 5.87. The van der Waals surface area contributed by atoms with Crippen molar-refractivity contribution in [1.29, 1.82) is 0 Å². The molecule has 0 bridgehead atoms. The molecule has 1 amide bonds. The smallest absolute Gasteiger partial charge is 0.279 e. The average molecular weight is 554 g/mol. The van der Waals surface area contributed by atoms with Crippen LogP contribution >= 0.6 is 39.1 Å². The lowest BCUT2D eigenvalue weighted by atomic mass is 10.2. The van der Waals surface area contributed by atoms with Crippen LogP contribution in [-0.2, 0) is 13.2 Å². The summed E-state index contributed by atoms with van der Waals surface area (Å²) in [5.41, 5.74) is 1.24. The number of benzene rings is 2. The lowest BCUT2D eigenvalue weighted by Gasteiger charge is -2.07. The van der Waals surface area contributed by atoms with Gasteiger partial charge in [0.05, 0.1) is 16.6 Å². The van der Waals surface area contributed by atoms with Gasteiger partial charge < -0.3 is 14.6 Å². The van der Waals surface area contributed by atoms with E-state index in [1.807, 2.05) is 0 Å². The molecule has 4 rings (SSSR count). The van der Waals surface area contributed by atoms with Crippen LogP contribution in [0.15, 0.2) is 57.7 Å². The van der Waals surface area contributed by atoms with E-state index < -0.39 is 11.7 Å². The van der Waals surface area contributed by atoms with Crippen LogP contribution in [0, 0.1) is 12.7 Å². The Hall–Kier alpha value is -2.88. The van der Waals surface area contributed by atoms with E-state index in [0.29, 0.717) is 32.4 Å². The van der Waals surface area contributed by atoms with Gasteiger partial charge in [-0.1, -0.05) is 46.6 Å². The molecule has 2 aromatic carbocycles. The van der Waals surface area contributed by atoms with Gasteiger partial charge >= 0.3 is 0 Å². The highest BCUT2D eigenvalue weighted by Gasteiger charge is 2.22. The number of carbonyl (C=O) groups excluding carboxylic acids is 1. The first-order valence-electron chi connectivity index (χ1n) is 9.62. The highest BCUT2D eigenvalue weighted by molar-refractivity contribution is 9.10. The quantitative estimate of drug-likeness (QED) is 0.292. The average Bonchev–Trinajstić information content (AvgIpc) is 3.31. The summed E-state index contributed by atoms with van der Waals surface area (Å²) >= 11 is 15.6. The van der Waals surface area contributed by atoms with Crippen molar-refractivity contribution in [2.24, 2.45) is 0 Å². The van der Waals surface area contributed by atoms with E-state index in [4.69, 9.17) is 32.5 Å². The third kappa shape index (κ3) is 5.38. The van der Waals surface area contributed by atoms with Gasteiger partial charge in [0.15, 0.2) is 23.1 Å². The van der Waals surface area contributed by atoms with E-state index in [1.165, 1.54) is 12.1 Å². The van der Waals surface area contributed by atoms with E-state index in [2.05, 4.69) is 31.5 Å². The van der Waals surface area contributed by atoms with Crippen molar-refractivity contribution >= 4 is 50.9 Å². The molecule has 0 aliphatic heterocycles. The molecule has 0 aliphatic carbocycles. The van der Waals surface area contributed by atoms with Gasteiger partial charge in [0.2, 0.25) is 0 Å². The summed E-state index contributed by atoms with van der Waals surface area (Å²) in [5, 5.41) is 12.0. The van der Waals surface area contributed by atoms with Gasteiger partial charge in [-0.2, -0.15) is 5.10 Å². The molecule has 4 aromatic rings. The number of amides is 1.